The summed E-state index contributed by atoms with van der Waals surface area (Å²) < 4.78 is 0.872. The first-order valence-electron chi connectivity index (χ1n) is 3.51. The summed E-state index contributed by atoms with van der Waals surface area (Å²) in [6, 6.07) is 5.26. The van der Waals surface area contributed by atoms with Gasteiger partial charge in [0.15, 0.2) is 0 Å². The summed E-state index contributed by atoms with van der Waals surface area (Å²) in [4.78, 5) is 3.13. The van der Waals surface area contributed by atoms with E-state index in [4.69, 9.17) is 23.6 Å². The third kappa shape index (κ3) is 2.55. The van der Waals surface area contributed by atoms with E-state index in [1.54, 1.807) is 18.2 Å². The average Bonchev–Trinajstić information content (AvgIpc) is 2.04. The van der Waals surface area contributed by atoms with Gasteiger partial charge in [0, 0.05) is 10.0 Å². The van der Waals surface area contributed by atoms with Gasteiger partial charge in [-0.3, -0.25) is 5.41 Å². The molecule has 0 aliphatic heterocycles. The summed E-state index contributed by atoms with van der Waals surface area (Å²) in [6.45, 7) is 6.70. The zero-order chi connectivity index (χ0) is 9.84. The molecule has 0 spiro atoms. The van der Waals surface area contributed by atoms with E-state index in [0.717, 1.165) is 4.47 Å². The molecule has 0 unspecified atom stereocenters. The predicted molar refractivity (Wildman–Crippen MR) is 57.4 cm³/mol. The quantitative estimate of drug-likeness (QED) is 0.621. The van der Waals surface area contributed by atoms with Crippen LogP contribution in [0.15, 0.2) is 22.7 Å². The van der Waals surface area contributed by atoms with Crippen molar-refractivity contribution in [3.63, 3.8) is 0 Å². The van der Waals surface area contributed by atoms with Crippen molar-refractivity contribution in [2.24, 2.45) is 0 Å². The van der Waals surface area contributed by atoms with E-state index in [1.165, 1.54) is 0 Å². The molecule has 0 saturated heterocycles. The number of nitrogens with zero attached hydrogens (tertiary/aromatic N) is 1. The Morgan fingerprint density at radius 3 is 2.85 bits per heavy atom. The number of hydrogen-bond donors (Lipinski definition) is 1. The molecular formula is C9H6BrClN2. The van der Waals surface area contributed by atoms with Crippen molar-refractivity contribution < 1.29 is 0 Å². The lowest BCUT2D eigenvalue weighted by Gasteiger charge is -2.01. The molecule has 2 nitrogen and oxygen atoms in total. The Hall–Kier alpha value is -0.850. The van der Waals surface area contributed by atoms with Crippen LogP contribution < -0.4 is 0 Å². The van der Waals surface area contributed by atoms with Crippen molar-refractivity contribution in [1.29, 1.82) is 5.41 Å². The van der Waals surface area contributed by atoms with Crippen molar-refractivity contribution in [3.05, 3.63) is 44.7 Å². The van der Waals surface area contributed by atoms with Crippen LogP contribution in [0.4, 0.5) is 0 Å². The van der Waals surface area contributed by atoms with E-state index in [-0.39, 0.29) is 12.3 Å². The minimum absolute atomic E-state index is 0.0708. The number of halogens is 2. The van der Waals surface area contributed by atoms with Gasteiger partial charge < -0.3 is 4.85 Å². The maximum atomic E-state index is 7.53. The van der Waals surface area contributed by atoms with Crippen molar-refractivity contribution in [2.45, 2.75) is 0 Å². The summed E-state index contributed by atoms with van der Waals surface area (Å²) in [7, 11) is 0. The summed E-state index contributed by atoms with van der Waals surface area (Å²) in [5.41, 5.74) is 0.883. The molecule has 0 aliphatic rings. The zero-order valence-electron chi connectivity index (χ0n) is 6.64. The maximum Gasteiger partial charge on any atom is 0.256 e. The van der Waals surface area contributed by atoms with Crippen molar-refractivity contribution in [2.75, 3.05) is 6.54 Å². The first-order valence-corrected chi connectivity index (χ1v) is 4.68. The van der Waals surface area contributed by atoms with Crippen molar-refractivity contribution >= 4 is 33.2 Å². The molecule has 0 radical (unpaired) electrons. The molecule has 13 heavy (non-hydrogen) atoms. The highest BCUT2D eigenvalue weighted by Gasteiger charge is 2.08. The maximum absolute atomic E-state index is 7.53. The van der Waals surface area contributed by atoms with Crippen LogP contribution in [0.3, 0.4) is 0 Å². The number of benzene rings is 1. The Bertz CT molecular complexity index is 382. The molecule has 0 fully saturated rings. The molecule has 4 heteroatoms. The molecule has 1 aromatic carbocycles. The molecule has 0 saturated carbocycles. The SMILES string of the molecule is [C-]#[N+]CC(=N)c1ccc(Br)cc1Cl. The van der Waals surface area contributed by atoms with E-state index in [1.807, 2.05) is 0 Å². The van der Waals surface area contributed by atoms with Crippen LogP contribution in [0.2, 0.25) is 5.02 Å². The van der Waals surface area contributed by atoms with Gasteiger partial charge in [-0.15, -0.1) is 0 Å². The van der Waals surface area contributed by atoms with Crippen LogP contribution in [0.25, 0.3) is 4.85 Å². The third-order valence-electron chi connectivity index (χ3n) is 1.49. The lowest BCUT2D eigenvalue weighted by atomic mass is 10.1. The lowest BCUT2D eigenvalue weighted by molar-refractivity contribution is 1.41. The van der Waals surface area contributed by atoms with Gasteiger partial charge in [0.2, 0.25) is 0 Å². The smallest absolute Gasteiger partial charge is 0.256 e. The van der Waals surface area contributed by atoms with Gasteiger partial charge in [-0.25, -0.2) is 6.57 Å². The van der Waals surface area contributed by atoms with Gasteiger partial charge in [-0.2, -0.15) is 0 Å². The molecule has 0 amide bonds. The van der Waals surface area contributed by atoms with E-state index in [2.05, 4.69) is 20.8 Å². The first kappa shape index (κ1) is 10.2. The van der Waals surface area contributed by atoms with E-state index < -0.39 is 0 Å². The van der Waals surface area contributed by atoms with Gasteiger partial charge in [0.05, 0.1) is 5.02 Å². The zero-order valence-corrected chi connectivity index (χ0v) is 8.98. The van der Waals surface area contributed by atoms with Gasteiger partial charge in [0.1, 0.15) is 5.71 Å². The molecule has 0 bridgehead atoms. The molecule has 0 atom stereocenters. The van der Waals surface area contributed by atoms with E-state index >= 15 is 0 Å². The Labute approximate surface area is 90.0 Å². The van der Waals surface area contributed by atoms with Crippen LogP contribution in [0, 0.1) is 12.0 Å². The van der Waals surface area contributed by atoms with Crippen LogP contribution in [-0.4, -0.2) is 12.3 Å². The minimum Gasteiger partial charge on any atom is -0.310 e. The highest BCUT2D eigenvalue weighted by atomic mass is 79.9. The monoisotopic (exact) mass is 256 g/mol. The third-order valence-corrected chi connectivity index (χ3v) is 2.30. The largest absolute Gasteiger partial charge is 0.310 e. The van der Waals surface area contributed by atoms with E-state index in [0.29, 0.717) is 10.6 Å². The molecule has 1 rings (SSSR count). The number of nitrogens with one attached hydrogen (secondary N) is 1. The molecule has 1 N–H and O–H groups in total. The fraction of sp³-hybridized carbons (Fsp3) is 0.111. The summed E-state index contributed by atoms with van der Waals surface area (Å²) in [5.74, 6) is 0. The molecular weight excluding hydrogens is 251 g/mol. The topological polar surface area (TPSA) is 28.2 Å². The summed E-state index contributed by atoms with van der Waals surface area (Å²) in [5, 5.41) is 8.03. The fourth-order valence-corrected chi connectivity index (χ4v) is 1.69. The Morgan fingerprint density at radius 1 is 1.62 bits per heavy atom. The van der Waals surface area contributed by atoms with Crippen LogP contribution in [-0.2, 0) is 0 Å². The molecule has 66 valence electrons. The second kappa shape index (κ2) is 4.40. The second-order valence-corrected chi connectivity index (χ2v) is 3.74. The Morgan fingerprint density at radius 2 is 2.31 bits per heavy atom. The van der Waals surface area contributed by atoms with Gasteiger partial charge in [0.25, 0.3) is 6.54 Å². The van der Waals surface area contributed by atoms with Crippen LogP contribution in [0.5, 0.6) is 0 Å². The fourth-order valence-electron chi connectivity index (χ4n) is 0.898. The number of rotatable bonds is 2. The van der Waals surface area contributed by atoms with E-state index in [9.17, 15) is 0 Å². The summed E-state index contributed by atoms with van der Waals surface area (Å²) >= 11 is 9.16. The van der Waals surface area contributed by atoms with Gasteiger partial charge in [-0.05, 0) is 12.1 Å². The first-order chi connectivity index (χ1) is 6.15. The highest BCUT2D eigenvalue weighted by molar-refractivity contribution is 9.10. The molecule has 0 aliphatic carbocycles. The normalized spacial score (nSPS) is 9.31. The second-order valence-electron chi connectivity index (χ2n) is 2.42. The molecule has 1 aromatic rings. The Balaban J connectivity index is 3.03. The van der Waals surface area contributed by atoms with Crippen molar-refractivity contribution in [1.82, 2.24) is 0 Å². The van der Waals surface area contributed by atoms with Crippen LogP contribution >= 0.6 is 27.5 Å². The van der Waals surface area contributed by atoms with Crippen LogP contribution in [0.1, 0.15) is 5.56 Å². The standard InChI is InChI=1S/C9H6BrClN2/c1-13-5-9(12)7-3-2-6(10)4-8(7)11/h2-4,12H,5H2. The lowest BCUT2D eigenvalue weighted by Crippen LogP contribution is -2.02. The van der Waals surface area contributed by atoms with Gasteiger partial charge in [-0.1, -0.05) is 33.6 Å². The minimum atomic E-state index is 0.0708. The van der Waals surface area contributed by atoms with Gasteiger partial charge >= 0.3 is 0 Å². The Kier molecular flexibility index (Phi) is 3.47. The average molecular weight is 258 g/mol. The molecule has 0 heterocycles. The summed E-state index contributed by atoms with van der Waals surface area (Å²) in [6.07, 6.45) is 0. The number of hydrogen-bond acceptors (Lipinski definition) is 1. The molecule has 0 aromatic heterocycles. The highest BCUT2D eigenvalue weighted by Crippen LogP contribution is 2.21. The predicted octanol–water partition coefficient (Wildman–Crippen LogP) is 3.39. The van der Waals surface area contributed by atoms with Crippen molar-refractivity contribution in [3.8, 4) is 0 Å².